The summed E-state index contributed by atoms with van der Waals surface area (Å²) >= 11 is 0. The van der Waals surface area contributed by atoms with Crippen LogP contribution in [0.2, 0.25) is 0 Å². The SMILES string of the molecule is C[C@@H]1CCCCO[C@@H](CN(C)Cc2ccncc2)[C@@H](C)CN([C@H](C)CO)C(=O)c2cc(NS(=O)(=O)c3ccccc3)ccc2O1. The fourth-order valence-corrected chi connectivity index (χ4v) is 6.50. The first kappa shape index (κ1) is 34.4. The van der Waals surface area contributed by atoms with Crippen molar-refractivity contribution in [3.8, 4) is 5.75 Å². The molecule has 0 bridgehead atoms. The summed E-state index contributed by atoms with van der Waals surface area (Å²) in [6.45, 7) is 7.88. The standard InChI is InChI=1S/C34H46N4O6S/c1-25-21-38(26(2)24-39)34(40)31-20-29(36-45(41,42)30-11-6-5-7-12-30)13-14-32(31)44-27(3)10-8-9-19-43-33(25)23-37(4)22-28-15-17-35-18-16-28/h5-7,11-18,20,25-27,33,36,39H,8-10,19,21-24H2,1-4H3/t25-,26+,27+,33-/m0/s1. The van der Waals surface area contributed by atoms with Gasteiger partial charge >= 0.3 is 0 Å². The van der Waals surface area contributed by atoms with Crippen LogP contribution in [0.5, 0.6) is 5.75 Å². The number of anilines is 1. The minimum Gasteiger partial charge on any atom is -0.490 e. The van der Waals surface area contributed by atoms with Crippen LogP contribution in [0, 0.1) is 5.92 Å². The number of aliphatic hydroxyl groups excluding tert-OH is 1. The molecule has 1 amide bonds. The Bertz CT molecular complexity index is 1470. The number of nitrogens with one attached hydrogen (secondary N) is 1. The average molecular weight is 639 g/mol. The van der Waals surface area contributed by atoms with Gasteiger partial charge in [0.1, 0.15) is 5.75 Å². The lowest BCUT2D eigenvalue weighted by atomic mass is 10.0. The van der Waals surface area contributed by atoms with Crippen LogP contribution in [-0.4, -0.2) is 85.8 Å². The number of benzene rings is 2. The van der Waals surface area contributed by atoms with Crippen LogP contribution in [0.4, 0.5) is 5.69 Å². The largest absolute Gasteiger partial charge is 0.490 e. The molecular formula is C34H46N4O6S. The zero-order valence-electron chi connectivity index (χ0n) is 26.6. The Kier molecular flexibility index (Phi) is 12.3. The van der Waals surface area contributed by atoms with E-state index in [9.17, 15) is 18.3 Å². The quantitative estimate of drug-likeness (QED) is 0.343. The molecule has 244 valence electrons. The van der Waals surface area contributed by atoms with E-state index in [2.05, 4.69) is 21.5 Å². The monoisotopic (exact) mass is 638 g/mol. The molecule has 1 aliphatic rings. The van der Waals surface area contributed by atoms with Gasteiger partial charge in [-0.15, -0.1) is 0 Å². The average Bonchev–Trinajstić information content (AvgIpc) is 3.03. The van der Waals surface area contributed by atoms with Gasteiger partial charge < -0.3 is 19.5 Å². The van der Waals surface area contributed by atoms with Gasteiger partial charge in [-0.25, -0.2) is 8.42 Å². The number of aliphatic hydroxyl groups is 1. The molecule has 1 aromatic heterocycles. The molecule has 11 heteroatoms. The van der Waals surface area contributed by atoms with Gasteiger partial charge in [-0.2, -0.15) is 0 Å². The van der Waals surface area contributed by atoms with E-state index >= 15 is 0 Å². The van der Waals surface area contributed by atoms with Gasteiger partial charge in [0, 0.05) is 50.2 Å². The molecule has 0 aliphatic carbocycles. The van der Waals surface area contributed by atoms with Crippen LogP contribution in [-0.2, 0) is 21.3 Å². The Morgan fingerprint density at radius 1 is 1.09 bits per heavy atom. The molecule has 4 atom stereocenters. The van der Waals surface area contributed by atoms with Gasteiger partial charge in [0.2, 0.25) is 0 Å². The number of fused-ring (bicyclic) bond motifs is 1. The molecular weight excluding hydrogens is 592 g/mol. The van der Waals surface area contributed by atoms with Crippen LogP contribution < -0.4 is 9.46 Å². The minimum absolute atomic E-state index is 0.0751. The van der Waals surface area contributed by atoms with Crippen LogP contribution in [0.1, 0.15) is 56.0 Å². The summed E-state index contributed by atoms with van der Waals surface area (Å²) in [5.74, 6) is -0.0546. The van der Waals surface area contributed by atoms with Crippen molar-refractivity contribution in [3.05, 3.63) is 84.2 Å². The second kappa shape index (κ2) is 16.2. The first-order valence-electron chi connectivity index (χ1n) is 15.6. The number of sulfonamides is 1. The number of rotatable bonds is 9. The lowest BCUT2D eigenvalue weighted by Crippen LogP contribution is -2.47. The number of nitrogens with zero attached hydrogens (tertiary/aromatic N) is 3. The predicted octanol–water partition coefficient (Wildman–Crippen LogP) is 4.81. The van der Waals surface area contributed by atoms with Gasteiger partial charge in [0.15, 0.2) is 0 Å². The molecule has 0 radical (unpaired) electrons. The second-order valence-electron chi connectivity index (χ2n) is 12.0. The van der Waals surface area contributed by atoms with E-state index in [0.717, 1.165) is 31.4 Å². The summed E-state index contributed by atoms with van der Waals surface area (Å²) in [5, 5.41) is 10.2. The number of hydrogen-bond donors (Lipinski definition) is 2. The number of carbonyl (C=O) groups is 1. The normalized spacial score (nSPS) is 21.0. The Hall–Kier alpha value is -3.51. The van der Waals surface area contributed by atoms with Gasteiger partial charge in [0.25, 0.3) is 15.9 Å². The molecule has 3 aromatic rings. The lowest BCUT2D eigenvalue weighted by molar-refractivity contribution is -0.0177. The molecule has 0 saturated carbocycles. The highest BCUT2D eigenvalue weighted by Crippen LogP contribution is 2.29. The van der Waals surface area contributed by atoms with E-state index < -0.39 is 16.1 Å². The predicted molar refractivity (Wildman–Crippen MR) is 175 cm³/mol. The molecule has 1 aliphatic heterocycles. The molecule has 0 unspecified atom stereocenters. The summed E-state index contributed by atoms with van der Waals surface area (Å²) in [4.78, 5) is 22.4. The summed E-state index contributed by atoms with van der Waals surface area (Å²) in [7, 11) is -1.83. The third-order valence-electron chi connectivity index (χ3n) is 8.05. The summed E-state index contributed by atoms with van der Waals surface area (Å²) in [6.07, 6.45) is 5.73. The number of amides is 1. The van der Waals surface area contributed by atoms with Gasteiger partial charge in [-0.05, 0) is 88.2 Å². The van der Waals surface area contributed by atoms with Crippen molar-refractivity contribution in [1.29, 1.82) is 0 Å². The number of likely N-dealkylation sites (N-methyl/N-ethyl adjacent to an activating group) is 1. The van der Waals surface area contributed by atoms with Crippen molar-refractivity contribution < 1.29 is 27.8 Å². The van der Waals surface area contributed by atoms with Crippen LogP contribution in [0.3, 0.4) is 0 Å². The van der Waals surface area contributed by atoms with E-state index in [4.69, 9.17) is 9.47 Å². The van der Waals surface area contributed by atoms with Crippen molar-refractivity contribution in [2.45, 2.75) is 69.7 Å². The highest BCUT2D eigenvalue weighted by molar-refractivity contribution is 7.92. The molecule has 0 saturated heterocycles. The first-order chi connectivity index (χ1) is 21.6. The van der Waals surface area contributed by atoms with Crippen LogP contribution in [0.25, 0.3) is 0 Å². The van der Waals surface area contributed by atoms with E-state index in [1.54, 1.807) is 54.5 Å². The third-order valence-corrected chi connectivity index (χ3v) is 9.45. The third kappa shape index (κ3) is 9.74. The molecule has 2 N–H and O–H groups in total. The highest BCUT2D eigenvalue weighted by Gasteiger charge is 2.30. The van der Waals surface area contributed by atoms with Crippen molar-refractivity contribution in [1.82, 2.24) is 14.8 Å². The number of ether oxygens (including phenoxy) is 2. The van der Waals surface area contributed by atoms with Crippen molar-refractivity contribution in [2.24, 2.45) is 5.92 Å². The van der Waals surface area contributed by atoms with Crippen LogP contribution >= 0.6 is 0 Å². The van der Waals surface area contributed by atoms with Crippen molar-refractivity contribution in [2.75, 3.05) is 38.1 Å². The fraction of sp³-hybridized carbons (Fsp3) is 0.471. The molecule has 2 heterocycles. The number of hydrogen-bond acceptors (Lipinski definition) is 8. The Labute approximate surface area is 267 Å². The van der Waals surface area contributed by atoms with E-state index in [-0.39, 0.29) is 46.8 Å². The Morgan fingerprint density at radius 2 is 1.82 bits per heavy atom. The maximum absolute atomic E-state index is 14.3. The van der Waals surface area contributed by atoms with E-state index in [0.29, 0.717) is 25.4 Å². The zero-order valence-corrected chi connectivity index (χ0v) is 27.4. The topological polar surface area (TPSA) is 121 Å². The maximum atomic E-state index is 14.3. The second-order valence-corrected chi connectivity index (χ2v) is 13.7. The van der Waals surface area contributed by atoms with Gasteiger partial charge in [0.05, 0.1) is 35.3 Å². The number of pyridine rings is 1. The molecule has 2 aromatic carbocycles. The van der Waals surface area contributed by atoms with Gasteiger partial charge in [-0.1, -0.05) is 25.1 Å². The Morgan fingerprint density at radius 3 is 2.53 bits per heavy atom. The molecule has 45 heavy (non-hydrogen) atoms. The van der Waals surface area contributed by atoms with E-state index in [1.165, 1.54) is 18.2 Å². The smallest absolute Gasteiger partial charge is 0.261 e. The first-order valence-corrected chi connectivity index (χ1v) is 17.0. The van der Waals surface area contributed by atoms with Crippen LogP contribution in [0.15, 0.2) is 78.0 Å². The summed E-state index contributed by atoms with van der Waals surface area (Å²) < 4.78 is 41.5. The van der Waals surface area contributed by atoms with E-state index in [1.807, 2.05) is 26.1 Å². The zero-order chi connectivity index (χ0) is 32.4. The molecule has 0 spiro atoms. The summed E-state index contributed by atoms with van der Waals surface area (Å²) in [6, 6.07) is 16.3. The molecule has 10 nitrogen and oxygen atoms in total. The molecule has 0 fully saturated rings. The summed E-state index contributed by atoms with van der Waals surface area (Å²) in [5.41, 5.74) is 1.62. The highest BCUT2D eigenvalue weighted by atomic mass is 32.2. The molecule has 4 rings (SSSR count). The van der Waals surface area contributed by atoms with Crippen molar-refractivity contribution in [3.63, 3.8) is 0 Å². The number of aromatic nitrogens is 1. The van der Waals surface area contributed by atoms with Gasteiger partial charge in [-0.3, -0.25) is 19.4 Å². The Balaban J connectivity index is 1.64. The fourth-order valence-electron chi connectivity index (χ4n) is 5.43. The minimum atomic E-state index is -3.88. The lowest BCUT2D eigenvalue weighted by Gasteiger charge is -2.36. The maximum Gasteiger partial charge on any atom is 0.261 e. The van der Waals surface area contributed by atoms with Crippen molar-refractivity contribution >= 4 is 21.6 Å². The number of carbonyl (C=O) groups excluding carboxylic acids is 1.